The fourth-order valence-corrected chi connectivity index (χ4v) is 2.32. The topological polar surface area (TPSA) is 0 Å². The zero-order valence-electron chi connectivity index (χ0n) is 10.3. The van der Waals surface area contributed by atoms with Gasteiger partial charge in [0, 0.05) is 5.88 Å². The molecule has 0 unspecified atom stereocenters. The first-order chi connectivity index (χ1) is 8.22. The second kappa shape index (κ2) is 5.37. The minimum absolute atomic E-state index is 0.492. The first-order valence-electron chi connectivity index (χ1n) is 5.96. The summed E-state index contributed by atoms with van der Waals surface area (Å²) in [5.41, 5.74) is 2.54. The van der Waals surface area contributed by atoms with Gasteiger partial charge in [0.05, 0.1) is 0 Å². The fraction of sp³-hybridized carbons (Fsp3) is 0.250. The van der Waals surface area contributed by atoms with Crippen molar-refractivity contribution < 1.29 is 0 Å². The number of rotatable bonds is 3. The Morgan fingerprint density at radius 1 is 1.12 bits per heavy atom. The zero-order valence-corrected chi connectivity index (χ0v) is 11.0. The zero-order chi connectivity index (χ0) is 12.3. The third-order valence-corrected chi connectivity index (χ3v) is 3.37. The van der Waals surface area contributed by atoms with Crippen molar-refractivity contribution in [2.75, 3.05) is 5.88 Å². The van der Waals surface area contributed by atoms with E-state index < -0.39 is 0 Å². The second-order valence-corrected chi connectivity index (χ2v) is 4.84. The summed E-state index contributed by atoms with van der Waals surface area (Å²) in [5, 5.41) is 2.57. The van der Waals surface area contributed by atoms with Crippen LogP contribution in [0.5, 0.6) is 0 Å². The molecule has 0 aromatic heterocycles. The quantitative estimate of drug-likeness (QED) is 0.658. The van der Waals surface area contributed by atoms with Gasteiger partial charge in [0.2, 0.25) is 0 Å². The largest absolute Gasteiger partial charge is 0.122 e. The standard InChI is InChI=1S/C16H17Cl/c1-12(2)15(11-17)10-14-8-5-7-13-6-3-4-9-16(13)14/h3-10,12H,11H2,1-2H3. The fourth-order valence-electron chi connectivity index (χ4n) is 1.94. The molecule has 0 atom stereocenters. The van der Waals surface area contributed by atoms with Gasteiger partial charge >= 0.3 is 0 Å². The molecule has 0 heterocycles. The van der Waals surface area contributed by atoms with Gasteiger partial charge in [-0.1, -0.05) is 68.0 Å². The van der Waals surface area contributed by atoms with E-state index in [4.69, 9.17) is 11.6 Å². The van der Waals surface area contributed by atoms with E-state index in [-0.39, 0.29) is 0 Å². The summed E-state index contributed by atoms with van der Waals surface area (Å²) in [6.07, 6.45) is 2.22. The molecule has 2 aromatic carbocycles. The number of halogens is 1. The van der Waals surface area contributed by atoms with Gasteiger partial charge in [-0.25, -0.2) is 0 Å². The summed E-state index contributed by atoms with van der Waals surface area (Å²) in [5.74, 6) is 1.09. The van der Waals surface area contributed by atoms with Crippen LogP contribution in [0.1, 0.15) is 19.4 Å². The van der Waals surface area contributed by atoms with Crippen LogP contribution in [0.3, 0.4) is 0 Å². The molecule has 1 heteroatoms. The molecular formula is C16H17Cl. The molecule has 0 aliphatic rings. The average molecular weight is 245 g/mol. The SMILES string of the molecule is CC(C)C(=Cc1cccc2ccccc12)CCl. The lowest BCUT2D eigenvalue weighted by molar-refractivity contribution is 0.778. The summed E-state index contributed by atoms with van der Waals surface area (Å²) in [6.45, 7) is 4.36. The van der Waals surface area contributed by atoms with Gasteiger partial charge in [0.25, 0.3) is 0 Å². The van der Waals surface area contributed by atoms with Crippen LogP contribution >= 0.6 is 11.6 Å². The Balaban J connectivity index is 2.56. The van der Waals surface area contributed by atoms with Gasteiger partial charge in [-0.2, -0.15) is 0 Å². The van der Waals surface area contributed by atoms with E-state index >= 15 is 0 Å². The Kier molecular flexibility index (Phi) is 3.86. The number of hydrogen-bond donors (Lipinski definition) is 0. The smallest absolute Gasteiger partial charge is 0.0439 e. The summed E-state index contributed by atoms with van der Waals surface area (Å²) in [7, 11) is 0. The van der Waals surface area contributed by atoms with Crippen LogP contribution in [0.15, 0.2) is 48.0 Å². The molecule has 0 aliphatic heterocycles. The lowest BCUT2D eigenvalue weighted by Crippen LogP contribution is -1.95. The molecule has 0 saturated heterocycles. The molecule has 2 aromatic rings. The minimum atomic E-state index is 0.492. The molecule has 0 N–H and O–H groups in total. The normalized spacial score (nSPS) is 12.4. The van der Waals surface area contributed by atoms with E-state index in [1.165, 1.54) is 21.9 Å². The van der Waals surface area contributed by atoms with Crippen LogP contribution < -0.4 is 0 Å². The van der Waals surface area contributed by atoms with Crippen molar-refractivity contribution in [1.29, 1.82) is 0 Å². The molecule has 0 amide bonds. The number of benzene rings is 2. The van der Waals surface area contributed by atoms with Crippen molar-refractivity contribution >= 4 is 28.4 Å². The number of fused-ring (bicyclic) bond motifs is 1. The van der Waals surface area contributed by atoms with Crippen LogP contribution in [-0.2, 0) is 0 Å². The van der Waals surface area contributed by atoms with E-state index in [1.54, 1.807) is 0 Å². The first kappa shape index (κ1) is 12.2. The van der Waals surface area contributed by atoms with E-state index in [0.717, 1.165) is 0 Å². The van der Waals surface area contributed by atoms with Crippen molar-refractivity contribution in [3.05, 3.63) is 53.6 Å². The molecule has 0 fully saturated rings. The van der Waals surface area contributed by atoms with Gasteiger partial charge in [0.15, 0.2) is 0 Å². The molecular weight excluding hydrogens is 228 g/mol. The van der Waals surface area contributed by atoms with Crippen molar-refractivity contribution in [3.63, 3.8) is 0 Å². The highest BCUT2D eigenvalue weighted by Gasteiger charge is 2.03. The van der Waals surface area contributed by atoms with Crippen molar-refractivity contribution in [3.8, 4) is 0 Å². The minimum Gasteiger partial charge on any atom is -0.122 e. The maximum Gasteiger partial charge on any atom is 0.0439 e. The molecule has 0 aliphatic carbocycles. The summed E-state index contributed by atoms with van der Waals surface area (Å²) in [4.78, 5) is 0. The van der Waals surface area contributed by atoms with Crippen molar-refractivity contribution in [2.45, 2.75) is 13.8 Å². The highest BCUT2D eigenvalue weighted by Crippen LogP contribution is 2.23. The van der Waals surface area contributed by atoms with Crippen LogP contribution in [0.4, 0.5) is 0 Å². The lowest BCUT2D eigenvalue weighted by atomic mass is 9.98. The molecule has 2 rings (SSSR count). The molecule has 0 radical (unpaired) electrons. The Hall–Kier alpha value is -1.27. The van der Waals surface area contributed by atoms with Crippen molar-refractivity contribution in [2.24, 2.45) is 5.92 Å². The Labute approximate surface area is 108 Å². The number of hydrogen-bond acceptors (Lipinski definition) is 0. The third kappa shape index (κ3) is 2.70. The molecule has 88 valence electrons. The van der Waals surface area contributed by atoms with Crippen LogP contribution in [0.25, 0.3) is 16.8 Å². The molecule has 17 heavy (non-hydrogen) atoms. The summed E-state index contributed by atoms with van der Waals surface area (Å²) in [6, 6.07) is 14.8. The number of allylic oxidation sites excluding steroid dienone is 1. The Bertz CT molecular complexity index is 533. The van der Waals surface area contributed by atoms with E-state index in [2.05, 4.69) is 62.4 Å². The first-order valence-corrected chi connectivity index (χ1v) is 6.50. The van der Waals surface area contributed by atoms with Crippen LogP contribution in [-0.4, -0.2) is 5.88 Å². The number of alkyl halides is 1. The van der Waals surface area contributed by atoms with Gasteiger partial charge in [-0.3, -0.25) is 0 Å². The van der Waals surface area contributed by atoms with Crippen molar-refractivity contribution in [1.82, 2.24) is 0 Å². The molecule has 0 nitrogen and oxygen atoms in total. The average Bonchev–Trinajstić information content (AvgIpc) is 2.35. The molecule has 0 spiro atoms. The highest BCUT2D eigenvalue weighted by atomic mass is 35.5. The highest BCUT2D eigenvalue weighted by molar-refractivity contribution is 6.19. The summed E-state index contributed by atoms with van der Waals surface area (Å²) >= 11 is 6.00. The van der Waals surface area contributed by atoms with E-state index in [0.29, 0.717) is 11.8 Å². The summed E-state index contributed by atoms with van der Waals surface area (Å²) < 4.78 is 0. The van der Waals surface area contributed by atoms with Gasteiger partial charge < -0.3 is 0 Å². The predicted molar refractivity (Wildman–Crippen MR) is 77.5 cm³/mol. The van der Waals surface area contributed by atoms with Crippen LogP contribution in [0, 0.1) is 5.92 Å². The second-order valence-electron chi connectivity index (χ2n) is 4.58. The van der Waals surface area contributed by atoms with Gasteiger partial charge in [0.1, 0.15) is 0 Å². The Morgan fingerprint density at radius 3 is 2.53 bits per heavy atom. The third-order valence-electron chi connectivity index (χ3n) is 3.06. The Morgan fingerprint density at radius 2 is 1.82 bits per heavy atom. The monoisotopic (exact) mass is 244 g/mol. The maximum atomic E-state index is 6.00. The predicted octanol–water partition coefficient (Wildman–Crippen LogP) is 5.12. The molecule has 0 bridgehead atoms. The van der Waals surface area contributed by atoms with E-state index in [9.17, 15) is 0 Å². The van der Waals surface area contributed by atoms with Gasteiger partial charge in [-0.05, 0) is 22.3 Å². The molecule has 0 saturated carbocycles. The van der Waals surface area contributed by atoms with Crippen LogP contribution in [0.2, 0.25) is 0 Å². The van der Waals surface area contributed by atoms with Gasteiger partial charge in [-0.15, -0.1) is 11.6 Å². The maximum absolute atomic E-state index is 6.00. The lowest BCUT2D eigenvalue weighted by Gasteiger charge is -2.09. The van der Waals surface area contributed by atoms with E-state index in [1.807, 2.05) is 0 Å².